The minimum atomic E-state index is -0.0382. The molecule has 0 aromatic rings. The van der Waals surface area contributed by atoms with Crippen molar-refractivity contribution in [3.63, 3.8) is 0 Å². The number of hydrogen-bond acceptors (Lipinski definition) is 2. The molecule has 0 radical (unpaired) electrons. The van der Waals surface area contributed by atoms with Gasteiger partial charge in [0.1, 0.15) is 6.61 Å². The molecule has 1 heterocycles. The van der Waals surface area contributed by atoms with Crippen molar-refractivity contribution in [2.24, 2.45) is 4.99 Å². The van der Waals surface area contributed by atoms with E-state index in [1.54, 1.807) is 6.08 Å². The fourth-order valence-corrected chi connectivity index (χ4v) is 0.718. The van der Waals surface area contributed by atoms with E-state index in [2.05, 4.69) is 11.6 Å². The topological polar surface area (TPSA) is 21.6 Å². The summed E-state index contributed by atoms with van der Waals surface area (Å²) in [6.07, 6.45) is 1.63. The first-order valence-corrected chi connectivity index (χ1v) is 2.99. The molecule has 0 saturated carbocycles. The molecule has 0 unspecified atom stereocenters. The second-order valence-corrected chi connectivity index (χ2v) is 2.76. The highest BCUT2D eigenvalue weighted by Gasteiger charge is 2.24. The molecule has 0 fully saturated rings. The molecular formula is C7H11NO. The fraction of sp³-hybridized carbons (Fsp3) is 0.571. The van der Waals surface area contributed by atoms with Gasteiger partial charge < -0.3 is 4.74 Å². The molecule has 0 aromatic heterocycles. The van der Waals surface area contributed by atoms with Gasteiger partial charge in [0.25, 0.3) is 0 Å². The number of aliphatic imine (C=N–C) groups is 1. The van der Waals surface area contributed by atoms with Crippen LogP contribution in [-0.4, -0.2) is 18.0 Å². The Morgan fingerprint density at radius 3 is 2.67 bits per heavy atom. The summed E-state index contributed by atoms with van der Waals surface area (Å²) in [7, 11) is 0. The van der Waals surface area contributed by atoms with Gasteiger partial charge in [-0.05, 0) is 19.9 Å². The summed E-state index contributed by atoms with van der Waals surface area (Å²) in [4.78, 5) is 4.22. The van der Waals surface area contributed by atoms with E-state index >= 15 is 0 Å². The molecule has 0 N–H and O–H groups in total. The Morgan fingerprint density at radius 1 is 1.78 bits per heavy atom. The van der Waals surface area contributed by atoms with E-state index in [0.29, 0.717) is 12.5 Å². The smallest absolute Gasteiger partial charge is 0.208 e. The Kier molecular flexibility index (Phi) is 1.31. The van der Waals surface area contributed by atoms with Crippen LogP contribution in [0.15, 0.2) is 17.6 Å². The van der Waals surface area contributed by atoms with Gasteiger partial charge in [0, 0.05) is 0 Å². The zero-order valence-electron chi connectivity index (χ0n) is 5.85. The Hall–Kier alpha value is -0.790. The van der Waals surface area contributed by atoms with E-state index < -0.39 is 0 Å². The van der Waals surface area contributed by atoms with Crippen LogP contribution in [-0.2, 0) is 4.74 Å². The van der Waals surface area contributed by atoms with E-state index in [-0.39, 0.29) is 5.54 Å². The molecule has 2 nitrogen and oxygen atoms in total. The minimum absolute atomic E-state index is 0.0382. The molecule has 0 bridgehead atoms. The Bertz CT molecular complexity index is 158. The highest BCUT2D eigenvalue weighted by molar-refractivity contribution is 5.88. The number of ether oxygens (including phenoxy) is 1. The van der Waals surface area contributed by atoms with Crippen LogP contribution in [0.1, 0.15) is 13.8 Å². The van der Waals surface area contributed by atoms with E-state index in [9.17, 15) is 0 Å². The van der Waals surface area contributed by atoms with Gasteiger partial charge in [0.2, 0.25) is 5.90 Å². The predicted octanol–water partition coefficient (Wildman–Crippen LogP) is 1.38. The van der Waals surface area contributed by atoms with Crippen molar-refractivity contribution < 1.29 is 4.74 Å². The summed E-state index contributed by atoms with van der Waals surface area (Å²) in [6, 6.07) is 0. The van der Waals surface area contributed by atoms with Crippen LogP contribution in [0.3, 0.4) is 0 Å². The molecule has 0 atom stereocenters. The number of rotatable bonds is 1. The average Bonchev–Trinajstić information content (AvgIpc) is 2.10. The van der Waals surface area contributed by atoms with E-state index in [4.69, 9.17) is 4.74 Å². The summed E-state index contributed by atoms with van der Waals surface area (Å²) >= 11 is 0. The lowest BCUT2D eigenvalue weighted by Gasteiger charge is -2.07. The molecule has 1 aliphatic heterocycles. The molecule has 50 valence electrons. The lowest BCUT2D eigenvalue weighted by atomic mass is 10.1. The van der Waals surface area contributed by atoms with Gasteiger partial charge in [-0.1, -0.05) is 6.58 Å². The third kappa shape index (κ3) is 1.31. The number of hydrogen-bond donors (Lipinski definition) is 0. The summed E-state index contributed by atoms with van der Waals surface area (Å²) in [6.45, 7) is 8.29. The largest absolute Gasteiger partial charge is 0.475 e. The molecule has 0 aliphatic carbocycles. The second-order valence-electron chi connectivity index (χ2n) is 2.76. The molecular weight excluding hydrogens is 114 g/mol. The lowest BCUT2D eigenvalue weighted by molar-refractivity contribution is 0.280. The van der Waals surface area contributed by atoms with Gasteiger partial charge in [0.05, 0.1) is 5.54 Å². The van der Waals surface area contributed by atoms with E-state index in [1.807, 2.05) is 13.8 Å². The average molecular weight is 125 g/mol. The molecule has 0 aromatic carbocycles. The summed E-state index contributed by atoms with van der Waals surface area (Å²) in [5.74, 6) is 0.667. The lowest BCUT2D eigenvalue weighted by Crippen LogP contribution is -2.17. The van der Waals surface area contributed by atoms with Gasteiger partial charge >= 0.3 is 0 Å². The Morgan fingerprint density at radius 2 is 2.44 bits per heavy atom. The highest BCUT2D eigenvalue weighted by atomic mass is 16.5. The summed E-state index contributed by atoms with van der Waals surface area (Å²) in [5.41, 5.74) is -0.0382. The van der Waals surface area contributed by atoms with Crippen molar-refractivity contribution in [3.05, 3.63) is 12.7 Å². The minimum Gasteiger partial charge on any atom is -0.475 e. The van der Waals surface area contributed by atoms with Gasteiger partial charge in [-0.2, -0.15) is 0 Å². The van der Waals surface area contributed by atoms with Crippen molar-refractivity contribution in [2.75, 3.05) is 6.61 Å². The third-order valence-corrected chi connectivity index (χ3v) is 1.16. The van der Waals surface area contributed by atoms with Crippen LogP contribution >= 0.6 is 0 Å². The van der Waals surface area contributed by atoms with Crippen molar-refractivity contribution >= 4 is 5.90 Å². The van der Waals surface area contributed by atoms with E-state index in [1.165, 1.54) is 0 Å². The van der Waals surface area contributed by atoms with Crippen molar-refractivity contribution in [1.82, 2.24) is 0 Å². The Balaban J connectivity index is 2.71. The molecule has 2 heteroatoms. The monoisotopic (exact) mass is 125 g/mol. The van der Waals surface area contributed by atoms with Crippen molar-refractivity contribution in [1.29, 1.82) is 0 Å². The van der Waals surface area contributed by atoms with Crippen LogP contribution in [0.2, 0.25) is 0 Å². The maximum atomic E-state index is 5.15. The third-order valence-electron chi connectivity index (χ3n) is 1.16. The van der Waals surface area contributed by atoms with Crippen LogP contribution in [0.5, 0.6) is 0 Å². The van der Waals surface area contributed by atoms with Crippen molar-refractivity contribution in [2.45, 2.75) is 19.4 Å². The quantitative estimate of drug-likeness (QED) is 0.518. The molecule has 1 rings (SSSR count). The van der Waals surface area contributed by atoms with Crippen LogP contribution in [0.25, 0.3) is 0 Å². The fourth-order valence-electron chi connectivity index (χ4n) is 0.718. The molecule has 0 saturated heterocycles. The van der Waals surface area contributed by atoms with Crippen LogP contribution in [0.4, 0.5) is 0 Å². The highest BCUT2D eigenvalue weighted by Crippen LogP contribution is 2.16. The first kappa shape index (κ1) is 6.33. The van der Waals surface area contributed by atoms with Gasteiger partial charge in [0.15, 0.2) is 0 Å². The zero-order chi connectivity index (χ0) is 6.91. The maximum absolute atomic E-state index is 5.15. The number of nitrogens with zero attached hydrogens (tertiary/aromatic N) is 1. The first-order valence-electron chi connectivity index (χ1n) is 2.99. The molecule has 0 spiro atoms. The Labute approximate surface area is 55.2 Å². The predicted molar refractivity (Wildman–Crippen MR) is 37.7 cm³/mol. The molecule has 0 amide bonds. The van der Waals surface area contributed by atoms with Gasteiger partial charge in [-0.3, -0.25) is 0 Å². The van der Waals surface area contributed by atoms with Crippen LogP contribution < -0.4 is 0 Å². The normalized spacial score (nSPS) is 22.7. The SMILES string of the molecule is C=CC1=NC(C)(C)CO1. The van der Waals surface area contributed by atoms with Gasteiger partial charge in [-0.25, -0.2) is 4.99 Å². The van der Waals surface area contributed by atoms with Gasteiger partial charge in [-0.15, -0.1) is 0 Å². The standard InChI is InChI=1S/C7H11NO/c1-4-6-8-7(2,3)5-9-6/h4H,1,5H2,2-3H3. The second kappa shape index (κ2) is 1.87. The van der Waals surface area contributed by atoms with Crippen LogP contribution in [0, 0.1) is 0 Å². The molecule has 9 heavy (non-hydrogen) atoms. The van der Waals surface area contributed by atoms with E-state index in [0.717, 1.165) is 0 Å². The zero-order valence-corrected chi connectivity index (χ0v) is 5.85. The van der Waals surface area contributed by atoms with Crippen molar-refractivity contribution in [3.8, 4) is 0 Å². The summed E-state index contributed by atoms with van der Waals surface area (Å²) in [5, 5.41) is 0. The maximum Gasteiger partial charge on any atom is 0.208 e. The molecule has 1 aliphatic rings. The summed E-state index contributed by atoms with van der Waals surface area (Å²) < 4.78 is 5.15. The first-order chi connectivity index (χ1) is 4.14.